The summed E-state index contributed by atoms with van der Waals surface area (Å²) in [6.45, 7) is 2.93. The number of carbonyl (C=O) groups is 2. The summed E-state index contributed by atoms with van der Waals surface area (Å²) >= 11 is 0. The summed E-state index contributed by atoms with van der Waals surface area (Å²) in [6, 6.07) is 9.62. The minimum Gasteiger partial charge on any atom is -0.485 e. The molecule has 1 aliphatic carbocycles. The van der Waals surface area contributed by atoms with E-state index >= 15 is 0 Å². The van der Waals surface area contributed by atoms with Gasteiger partial charge in [-0.05, 0) is 25.0 Å². The Balaban J connectivity index is 1.09. The third-order valence-corrected chi connectivity index (χ3v) is 6.44. The molecule has 9 nitrogen and oxygen atoms in total. The number of benzene rings is 1. The molecule has 1 saturated carbocycles. The van der Waals surface area contributed by atoms with Crippen LogP contribution < -0.4 is 14.8 Å². The molecule has 0 radical (unpaired) electrons. The average Bonchev–Trinajstić information content (AvgIpc) is 3.51. The quantitative estimate of drug-likeness (QED) is 0.766. The highest BCUT2D eigenvalue weighted by atomic mass is 16.6. The van der Waals surface area contributed by atoms with Gasteiger partial charge in [0.25, 0.3) is 5.91 Å². The molecule has 1 N–H and O–H groups in total. The molecule has 1 aromatic heterocycles. The summed E-state index contributed by atoms with van der Waals surface area (Å²) < 4.78 is 13.5. The van der Waals surface area contributed by atoms with Crippen molar-refractivity contribution in [2.24, 2.45) is 0 Å². The molecule has 0 bridgehead atoms. The lowest BCUT2D eigenvalue weighted by atomic mass is 10.2. The van der Waals surface area contributed by atoms with Crippen LogP contribution in [0.3, 0.4) is 0 Å². The molecule has 1 aromatic carbocycles. The lowest BCUT2D eigenvalue weighted by molar-refractivity contribution is -0.143. The third-order valence-electron chi connectivity index (χ3n) is 6.44. The lowest BCUT2D eigenvalue weighted by Crippen LogP contribution is -2.55. The number of rotatable bonds is 5. The Kier molecular flexibility index (Phi) is 5.98. The largest absolute Gasteiger partial charge is 0.485 e. The van der Waals surface area contributed by atoms with Crippen LogP contribution in [0, 0.1) is 0 Å². The summed E-state index contributed by atoms with van der Waals surface area (Å²) in [6.07, 6.45) is 5.77. The minimum absolute atomic E-state index is 0.0508. The van der Waals surface area contributed by atoms with Crippen molar-refractivity contribution >= 4 is 17.6 Å². The summed E-state index contributed by atoms with van der Waals surface area (Å²) in [4.78, 5) is 29.4. The Morgan fingerprint density at radius 1 is 1.03 bits per heavy atom. The zero-order chi connectivity index (χ0) is 21.9. The topological polar surface area (TPSA) is 88.9 Å². The van der Waals surface area contributed by atoms with Gasteiger partial charge in [0.15, 0.2) is 11.5 Å². The van der Waals surface area contributed by atoms with Gasteiger partial charge in [-0.3, -0.25) is 14.5 Å². The zero-order valence-corrected chi connectivity index (χ0v) is 18.1. The van der Waals surface area contributed by atoms with Crippen LogP contribution in [0.5, 0.6) is 11.5 Å². The maximum absolute atomic E-state index is 12.9. The first-order chi connectivity index (χ1) is 15.7. The second-order valence-corrected chi connectivity index (χ2v) is 8.61. The van der Waals surface area contributed by atoms with Crippen LogP contribution in [-0.4, -0.2) is 76.8 Å². The van der Waals surface area contributed by atoms with Gasteiger partial charge in [0, 0.05) is 32.2 Å². The number of carbonyl (C=O) groups excluding carboxylic acids is 2. The molecule has 3 heterocycles. The van der Waals surface area contributed by atoms with Gasteiger partial charge in [0.1, 0.15) is 12.4 Å². The number of nitrogens with zero attached hydrogens (tertiary/aromatic N) is 4. The van der Waals surface area contributed by atoms with Crippen LogP contribution in [0.25, 0.3) is 0 Å². The minimum atomic E-state index is -0.629. The Morgan fingerprint density at radius 2 is 1.78 bits per heavy atom. The smallest absolute Gasteiger partial charge is 0.267 e. The van der Waals surface area contributed by atoms with Gasteiger partial charge in [0.05, 0.1) is 18.8 Å². The van der Waals surface area contributed by atoms with Crippen molar-refractivity contribution in [2.75, 3.05) is 44.6 Å². The summed E-state index contributed by atoms with van der Waals surface area (Å²) in [7, 11) is 0. The fraction of sp³-hybridized carbons (Fsp3) is 0.522. The van der Waals surface area contributed by atoms with E-state index in [0.717, 1.165) is 18.7 Å². The third kappa shape index (κ3) is 4.43. The van der Waals surface area contributed by atoms with E-state index in [2.05, 4.69) is 15.3 Å². The monoisotopic (exact) mass is 439 g/mol. The molecular formula is C23H29N5O4. The number of anilines is 1. The van der Waals surface area contributed by atoms with Crippen LogP contribution in [0.2, 0.25) is 0 Å². The second kappa shape index (κ2) is 9.20. The number of para-hydroxylation sites is 2. The number of fused-ring (bicyclic) bond motifs is 1. The molecule has 9 heteroatoms. The van der Waals surface area contributed by atoms with Gasteiger partial charge in [-0.25, -0.2) is 4.68 Å². The Labute approximate surface area is 187 Å². The number of aromatic nitrogens is 2. The second-order valence-electron chi connectivity index (χ2n) is 8.61. The maximum Gasteiger partial charge on any atom is 0.267 e. The molecule has 0 spiro atoms. The lowest BCUT2D eigenvalue weighted by Gasteiger charge is -2.36. The average molecular weight is 440 g/mol. The van der Waals surface area contributed by atoms with E-state index in [4.69, 9.17) is 9.47 Å². The van der Waals surface area contributed by atoms with Crippen LogP contribution in [0.4, 0.5) is 5.82 Å². The van der Waals surface area contributed by atoms with E-state index in [-0.39, 0.29) is 18.4 Å². The summed E-state index contributed by atoms with van der Waals surface area (Å²) in [5, 5.41) is 7.42. The molecule has 5 rings (SSSR count). The standard InChI is InChI=1S/C23H29N5O4/c29-22(25-21-9-10-24-28(21)17-5-1-2-6-17)15-26-11-13-27(14-12-26)23(30)20-16-31-18-7-3-4-8-19(18)32-20/h3-4,7-10,17,20H,1-2,5-6,11-16H2,(H,25,29)/t20-/m0/s1. The van der Waals surface area contributed by atoms with Crippen molar-refractivity contribution in [1.29, 1.82) is 0 Å². The molecular weight excluding hydrogens is 410 g/mol. The maximum atomic E-state index is 12.9. The summed E-state index contributed by atoms with van der Waals surface area (Å²) in [5.41, 5.74) is 0. The number of ether oxygens (including phenoxy) is 2. The highest BCUT2D eigenvalue weighted by Gasteiger charge is 2.33. The van der Waals surface area contributed by atoms with Crippen molar-refractivity contribution in [1.82, 2.24) is 19.6 Å². The van der Waals surface area contributed by atoms with E-state index < -0.39 is 6.10 Å². The molecule has 1 saturated heterocycles. The predicted octanol–water partition coefficient (Wildman–Crippen LogP) is 1.92. The van der Waals surface area contributed by atoms with Crippen molar-refractivity contribution in [2.45, 2.75) is 37.8 Å². The molecule has 170 valence electrons. The fourth-order valence-electron chi connectivity index (χ4n) is 4.71. The molecule has 3 aliphatic rings. The van der Waals surface area contributed by atoms with Gasteiger partial charge in [-0.2, -0.15) is 5.10 Å². The van der Waals surface area contributed by atoms with E-state index in [1.165, 1.54) is 12.8 Å². The Morgan fingerprint density at radius 3 is 2.56 bits per heavy atom. The van der Waals surface area contributed by atoms with Gasteiger partial charge >= 0.3 is 0 Å². The van der Waals surface area contributed by atoms with Crippen LogP contribution in [0.15, 0.2) is 36.5 Å². The summed E-state index contributed by atoms with van der Waals surface area (Å²) in [5.74, 6) is 1.92. The number of amides is 2. The molecule has 2 aromatic rings. The van der Waals surface area contributed by atoms with Crippen LogP contribution >= 0.6 is 0 Å². The number of hydrogen-bond donors (Lipinski definition) is 1. The first-order valence-electron chi connectivity index (χ1n) is 11.4. The highest BCUT2D eigenvalue weighted by Crippen LogP contribution is 2.32. The van der Waals surface area contributed by atoms with Gasteiger partial charge < -0.3 is 19.7 Å². The van der Waals surface area contributed by atoms with Crippen molar-refractivity contribution < 1.29 is 19.1 Å². The number of nitrogens with one attached hydrogen (secondary N) is 1. The van der Waals surface area contributed by atoms with Crippen molar-refractivity contribution in [3.63, 3.8) is 0 Å². The fourth-order valence-corrected chi connectivity index (χ4v) is 4.71. The zero-order valence-electron chi connectivity index (χ0n) is 18.1. The highest BCUT2D eigenvalue weighted by molar-refractivity contribution is 5.91. The number of hydrogen-bond acceptors (Lipinski definition) is 6. The molecule has 2 amide bonds. The van der Waals surface area contributed by atoms with Gasteiger partial charge in [0.2, 0.25) is 12.0 Å². The normalized spacial score (nSPS) is 21.5. The van der Waals surface area contributed by atoms with Crippen LogP contribution in [0.1, 0.15) is 31.7 Å². The van der Waals surface area contributed by atoms with Crippen molar-refractivity contribution in [3.05, 3.63) is 36.5 Å². The SMILES string of the molecule is O=C(CN1CCN(C(=O)[C@@H]2COc3ccccc3O2)CC1)Nc1ccnn1C1CCCC1. The first-order valence-corrected chi connectivity index (χ1v) is 11.4. The van der Waals surface area contributed by atoms with E-state index in [1.54, 1.807) is 11.1 Å². The first kappa shape index (κ1) is 20.8. The van der Waals surface area contributed by atoms with E-state index in [0.29, 0.717) is 50.3 Å². The number of piperazine rings is 1. The molecule has 2 aliphatic heterocycles. The van der Waals surface area contributed by atoms with Crippen LogP contribution in [-0.2, 0) is 9.59 Å². The van der Waals surface area contributed by atoms with Crippen molar-refractivity contribution in [3.8, 4) is 11.5 Å². The molecule has 0 unspecified atom stereocenters. The van der Waals surface area contributed by atoms with Gasteiger partial charge in [-0.15, -0.1) is 0 Å². The predicted molar refractivity (Wildman–Crippen MR) is 118 cm³/mol. The van der Waals surface area contributed by atoms with E-state index in [1.807, 2.05) is 35.0 Å². The molecule has 32 heavy (non-hydrogen) atoms. The Hall–Kier alpha value is -3.07. The van der Waals surface area contributed by atoms with E-state index in [9.17, 15) is 9.59 Å². The Bertz CT molecular complexity index is 963. The molecule has 2 fully saturated rings. The molecule has 1 atom stereocenters. The van der Waals surface area contributed by atoms with Gasteiger partial charge in [-0.1, -0.05) is 25.0 Å².